The second-order valence-corrected chi connectivity index (χ2v) is 6.36. The summed E-state index contributed by atoms with van der Waals surface area (Å²) in [6, 6.07) is 2.85. The second kappa shape index (κ2) is 7.33. The predicted molar refractivity (Wildman–Crippen MR) is 95.4 cm³/mol. The molecule has 0 saturated carbocycles. The van der Waals surface area contributed by atoms with Crippen LogP contribution in [0.2, 0.25) is 0 Å². The van der Waals surface area contributed by atoms with Crippen molar-refractivity contribution in [1.82, 2.24) is 19.6 Å². The third kappa shape index (κ3) is 3.12. The Labute approximate surface area is 152 Å². The third-order valence-electron chi connectivity index (χ3n) is 4.71. The number of hydrogen-bond acceptors (Lipinski definition) is 6. The molecule has 8 heteroatoms. The maximum absolute atomic E-state index is 12.9. The quantitative estimate of drug-likeness (QED) is 0.802. The molecule has 1 amide bonds. The minimum absolute atomic E-state index is 0.266. The van der Waals surface area contributed by atoms with Crippen molar-refractivity contribution in [2.45, 2.75) is 32.4 Å². The number of imidazole rings is 1. The van der Waals surface area contributed by atoms with Gasteiger partial charge in [-0.3, -0.25) is 18.9 Å². The Morgan fingerprint density at radius 2 is 2.19 bits per heavy atom. The Morgan fingerprint density at radius 1 is 1.42 bits per heavy atom. The van der Waals surface area contributed by atoms with Gasteiger partial charge in [-0.15, -0.1) is 0 Å². The lowest BCUT2D eigenvalue weighted by atomic mass is 10.1. The van der Waals surface area contributed by atoms with Crippen molar-refractivity contribution >= 4 is 17.5 Å². The first-order valence-corrected chi connectivity index (χ1v) is 8.67. The Balaban J connectivity index is 1.90. The van der Waals surface area contributed by atoms with Gasteiger partial charge in [-0.05, 0) is 39.4 Å². The van der Waals surface area contributed by atoms with E-state index in [0.29, 0.717) is 42.4 Å². The van der Waals surface area contributed by atoms with Gasteiger partial charge < -0.3 is 14.8 Å². The number of carbonyl (C=O) groups is 2. The summed E-state index contributed by atoms with van der Waals surface area (Å²) in [4.78, 5) is 31.4. The zero-order valence-electron chi connectivity index (χ0n) is 15.5. The van der Waals surface area contributed by atoms with Crippen LogP contribution in [0.5, 0.6) is 5.75 Å². The smallest absolute Gasteiger partial charge is 0.325 e. The summed E-state index contributed by atoms with van der Waals surface area (Å²) in [7, 11) is 3.21. The number of hydrogen-bond donors (Lipinski definition) is 1. The molecule has 2 atom stereocenters. The van der Waals surface area contributed by atoms with Crippen molar-refractivity contribution < 1.29 is 19.1 Å². The first-order valence-electron chi connectivity index (χ1n) is 8.67. The Bertz CT molecular complexity index is 832. The van der Waals surface area contributed by atoms with Crippen LogP contribution in [0.15, 0.2) is 18.3 Å². The number of rotatable bonds is 5. The standard InChI is InChI=1S/C18H24N4O4/c1-5-26-13-7-6-9-22-14(11(2)19-16(13)22)17(23)20-12-8-10-21(3)15(12)18(24)25-4/h6-7,9,12,15H,5,8,10H2,1-4H3,(H,20,23)/t12-,15+/m1/s1. The maximum Gasteiger partial charge on any atom is 0.325 e. The number of methoxy groups -OCH3 is 1. The summed E-state index contributed by atoms with van der Waals surface area (Å²) in [6.45, 7) is 4.92. The summed E-state index contributed by atoms with van der Waals surface area (Å²) in [5.74, 6) is 0.0202. The molecule has 8 nitrogen and oxygen atoms in total. The van der Waals surface area contributed by atoms with E-state index in [1.165, 1.54) is 7.11 Å². The predicted octanol–water partition coefficient (Wildman–Crippen LogP) is 1.02. The summed E-state index contributed by atoms with van der Waals surface area (Å²) in [6.07, 6.45) is 2.47. The number of carbonyl (C=O) groups excluding carboxylic acids is 2. The van der Waals surface area contributed by atoms with Crippen LogP contribution in [0.4, 0.5) is 0 Å². The number of fused-ring (bicyclic) bond motifs is 1. The van der Waals surface area contributed by atoms with Crippen molar-refractivity contribution in [2.75, 3.05) is 27.3 Å². The van der Waals surface area contributed by atoms with Gasteiger partial charge >= 0.3 is 5.97 Å². The van der Waals surface area contributed by atoms with Crippen LogP contribution in [-0.4, -0.2) is 65.6 Å². The molecule has 1 fully saturated rings. The van der Waals surface area contributed by atoms with Crippen molar-refractivity contribution in [3.05, 3.63) is 29.7 Å². The number of aromatic nitrogens is 2. The first-order chi connectivity index (χ1) is 12.5. The number of aryl methyl sites for hydroxylation is 1. The van der Waals surface area contributed by atoms with E-state index in [9.17, 15) is 9.59 Å². The zero-order chi connectivity index (χ0) is 18.8. The van der Waals surface area contributed by atoms with Crippen molar-refractivity contribution in [3.8, 4) is 5.75 Å². The number of ether oxygens (including phenoxy) is 2. The van der Waals surface area contributed by atoms with E-state index in [0.717, 1.165) is 0 Å². The van der Waals surface area contributed by atoms with Crippen molar-refractivity contribution in [3.63, 3.8) is 0 Å². The van der Waals surface area contributed by atoms with Crippen molar-refractivity contribution in [1.29, 1.82) is 0 Å². The number of likely N-dealkylation sites (tertiary alicyclic amines) is 1. The summed E-state index contributed by atoms with van der Waals surface area (Å²) >= 11 is 0. The highest BCUT2D eigenvalue weighted by Crippen LogP contribution is 2.23. The molecule has 1 saturated heterocycles. The molecule has 140 valence electrons. The normalized spacial score (nSPS) is 20.3. The van der Waals surface area contributed by atoms with Gasteiger partial charge in [0.2, 0.25) is 0 Å². The highest BCUT2D eigenvalue weighted by molar-refractivity contribution is 5.95. The van der Waals surface area contributed by atoms with E-state index >= 15 is 0 Å². The van der Waals surface area contributed by atoms with Crippen LogP contribution < -0.4 is 10.1 Å². The van der Waals surface area contributed by atoms with Gasteiger partial charge in [-0.25, -0.2) is 4.98 Å². The molecular weight excluding hydrogens is 336 g/mol. The maximum atomic E-state index is 12.9. The number of esters is 1. The number of likely N-dealkylation sites (N-methyl/N-ethyl adjacent to an activating group) is 1. The van der Waals surface area contributed by atoms with Crippen LogP contribution in [-0.2, 0) is 9.53 Å². The van der Waals surface area contributed by atoms with E-state index in [-0.39, 0.29) is 17.9 Å². The van der Waals surface area contributed by atoms with E-state index in [1.807, 2.05) is 31.0 Å². The SMILES string of the molecule is CCOc1cccn2c(C(=O)N[C@@H]3CCN(C)[C@@H]3C(=O)OC)c(C)nc12. The topological polar surface area (TPSA) is 85.2 Å². The molecule has 0 aliphatic carbocycles. The fraction of sp³-hybridized carbons (Fsp3) is 0.500. The molecule has 0 unspecified atom stereocenters. The Hall–Kier alpha value is -2.61. The lowest BCUT2D eigenvalue weighted by Gasteiger charge is -2.23. The number of pyridine rings is 1. The lowest BCUT2D eigenvalue weighted by molar-refractivity contribution is -0.145. The molecule has 26 heavy (non-hydrogen) atoms. The molecule has 0 radical (unpaired) electrons. The first kappa shape index (κ1) is 18.2. The van der Waals surface area contributed by atoms with Gasteiger partial charge in [-0.1, -0.05) is 0 Å². The molecule has 2 aromatic rings. The minimum atomic E-state index is -0.484. The largest absolute Gasteiger partial charge is 0.490 e. The average Bonchev–Trinajstić information content (AvgIpc) is 3.14. The van der Waals surface area contributed by atoms with Crippen LogP contribution in [0.25, 0.3) is 5.65 Å². The van der Waals surface area contributed by atoms with Crippen LogP contribution in [0, 0.1) is 6.92 Å². The fourth-order valence-electron chi connectivity index (χ4n) is 3.50. The Morgan fingerprint density at radius 3 is 2.88 bits per heavy atom. The molecule has 0 bridgehead atoms. The van der Waals surface area contributed by atoms with E-state index in [2.05, 4.69) is 10.3 Å². The molecule has 0 spiro atoms. The van der Waals surface area contributed by atoms with Gasteiger partial charge in [0.05, 0.1) is 25.5 Å². The fourth-order valence-corrected chi connectivity index (χ4v) is 3.50. The number of amides is 1. The van der Waals surface area contributed by atoms with Gasteiger partial charge in [0.25, 0.3) is 5.91 Å². The third-order valence-corrected chi connectivity index (χ3v) is 4.71. The van der Waals surface area contributed by atoms with Gasteiger partial charge in [-0.2, -0.15) is 0 Å². The van der Waals surface area contributed by atoms with Crippen LogP contribution in [0.1, 0.15) is 29.5 Å². The monoisotopic (exact) mass is 360 g/mol. The molecular formula is C18H24N4O4. The molecule has 1 aliphatic rings. The van der Waals surface area contributed by atoms with Crippen LogP contribution >= 0.6 is 0 Å². The van der Waals surface area contributed by atoms with E-state index in [1.54, 1.807) is 17.5 Å². The molecule has 1 N–H and O–H groups in total. The van der Waals surface area contributed by atoms with E-state index < -0.39 is 6.04 Å². The molecule has 3 heterocycles. The highest BCUT2D eigenvalue weighted by atomic mass is 16.5. The minimum Gasteiger partial charge on any atom is -0.490 e. The molecule has 2 aromatic heterocycles. The Kier molecular flexibility index (Phi) is 5.13. The van der Waals surface area contributed by atoms with Gasteiger partial charge in [0.15, 0.2) is 11.4 Å². The summed E-state index contributed by atoms with van der Waals surface area (Å²) < 4.78 is 12.2. The van der Waals surface area contributed by atoms with Crippen molar-refractivity contribution in [2.24, 2.45) is 0 Å². The lowest BCUT2D eigenvalue weighted by Crippen LogP contribution is -2.49. The molecule has 0 aromatic carbocycles. The average molecular weight is 360 g/mol. The molecule has 1 aliphatic heterocycles. The van der Waals surface area contributed by atoms with E-state index in [4.69, 9.17) is 9.47 Å². The zero-order valence-corrected chi connectivity index (χ0v) is 15.5. The number of nitrogens with one attached hydrogen (secondary N) is 1. The van der Waals surface area contributed by atoms with Gasteiger partial charge in [0, 0.05) is 12.7 Å². The summed E-state index contributed by atoms with van der Waals surface area (Å²) in [5.41, 5.74) is 1.65. The summed E-state index contributed by atoms with van der Waals surface area (Å²) in [5, 5.41) is 2.98. The second-order valence-electron chi connectivity index (χ2n) is 6.36. The highest BCUT2D eigenvalue weighted by Gasteiger charge is 2.39. The van der Waals surface area contributed by atoms with Gasteiger partial charge in [0.1, 0.15) is 11.7 Å². The molecule has 3 rings (SSSR count). The van der Waals surface area contributed by atoms with Crippen LogP contribution in [0.3, 0.4) is 0 Å². The number of nitrogens with zero attached hydrogens (tertiary/aromatic N) is 3.